The minimum absolute atomic E-state index is 0.549. The van der Waals surface area contributed by atoms with E-state index in [1.165, 1.54) is 25.7 Å². The molecule has 0 amide bonds. The molecule has 1 atom stereocenters. The van der Waals surface area contributed by atoms with Crippen molar-refractivity contribution in [3.63, 3.8) is 0 Å². The summed E-state index contributed by atoms with van der Waals surface area (Å²) in [4.78, 5) is 13.8. The van der Waals surface area contributed by atoms with Crippen molar-refractivity contribution in [1.82, 2.24) is 14.7 Å². The fraction of sp³-hybridized carbons (Fsp3) is 0.750. The van der Waals surface area contributed by atoms with Crippen LogP contribution in [-0.2, 0) is 11.3 Å². The van der Waals surface area contributed by atoms with E-state index in [0.717, 1.165) is 25.1 Å². The summed E-state index contributed by atoms with van der Waals surface area (Å²) < 4.78 is 2.09. The topological polar surface area (TPSA) is 58.4 Å². The van der Waals surface area contributed by atoms with Gasteiger partial charge < -0.3 is 5.11 Å². The van der Waals surface area contributed by atoms with Crippen LogP contribution in [0, 0.1) is 0 Å². The zero-order chi connectivity index (χ0) is 14.9. The van der Waals surface area contributed by atoms with Gasteiger partial charge in [-0.1, -0.05) is 19.8 Å². The molecule has 2 heterocycles. The molecule has 1 aliphatic heterocycles. The maximum atomic E-state index is 11.7. The van der Waals surface area contributed by atoms with Crippen LogP contribution in [0.1, 0.15) is 63.6 Å². The van der Waals surface area contributed by atoms with Crippen molar-refractivity contribution >= 4 is 5.97 Å². The maximum absolute atomic E-state index is 11.7. The molecule has 1 saturated heterocycles. The normalized spacial score (nSPS) is 27.5. The Balaban J connectivity index is 1.72. The van der Waals surface area contributed by atoms with Crippen molar-refractivity contribution in [2.45, 2.75) is 70.0 Å². The summed E-state index contributed by atoms with van der Waals surface area (Å²) in [6, 6.07) is 2.60. The minimum Gasteiger partial charge on any atom is -0.480 e. The summed E-state index contributed by atoms with van der Waals surface area (Å²) in [5.74, 6) is -0.683. The number of nitrogens with zero attached hydrogens (tertiary/aromatic N) is 3. The van der Waals surface area contributed by atoms with Gasteiger partial charge in [-0.15, -0.1) is 0 Å². The molecule has 3 rings (SSSR count). The smallest absolute Gasteiger partial charge is 0.324 e. The first-order chi connectivity index (χ1) is 10.2. The molecule has 0 spiro atoms. The standard InChI is InChI=1S/C16H25N3O2/c1-2-16(15(20)21)9-5-10-18(16)12-13-8-11-19(17-13)14-6-3-4-7-14/h8,11,14H,2-7,9-10,12H2,1H3,(H,20,21). The molecule has 0 bridgehead atoms. The van der Waals surface area contributed by atoms with E-state index in [1.54, 1.807) is 0 Å². The third kappa shape index (κ3) is 2.59. The van der Waals surface area contributed by atoms with Gasteiger partial charge >= 0.3 is 5.97 Å². The zero-order valence-electron chi connectivity index (χ0n) is 12.8. The molecular weight excluding hydrogens is 266 g/mol. The van der Waals surface area contributed by atoms with Crippen LogP contribution in [0.4, 0.5) is 0 Å². The number of aliphatic carboxylic acids is 1. The average molecular weight is 291 g/mol. The highest BCUT2D eigenvalue weighted by Gasteiger charge is 2.46. The lowest BCUT2D eigenvalue weighted by Crippen LogP contribution is -2.49. The molecule has 0 aromatic carbocycles. The molecule has 1 aromatic heterocycles. The molecule has 1 unspecified atom stereocenters. The highest BCUT2D eigenvalue weighted by Crippen LogP contribution is 2.34. The maximum Gasteiger partial charge on any atom is 0.324 e. The summed E-state index contributed by atoms with van der Waals surface area (Å²) >= 11 is 0. The van der Waals surface area contributed by atoms with Gasteiger partial charge in [0.15, 0.2) is 0 Å². The van der Waals surface area contributed by atoms with E-state index >= 15 is 0 Å². The fourth-order valence-corrected chi connectivity index (χ4v) is 3.99. The van der Waals surface area contributed by atoms with Crippen molar-refractivity contribution in [2.75, 3.05) is 6.54 Å². The number of aromatic nitrogens is 2. The van der Waals surface area contributed by atoms with Crippen LogP contribution in [0.2, 0.25) is 0 Å². The Bertz CT molecular complexity index is 507. The number of carbonyl (C=O) groups is 1. The van der Waals surface area contributed by atoms with Crippen molar-refractivity contribution < 1.29 is 9.90 Å². The first-order valence-electron chi connectivity index (χ1n) is 8.18. The number of hydrogen-bond acceptors (Lipinski definition) is 3. The Labute approximate surface area is 125 Å². The fourth-order valence-electron chi connectivity index (χ4n) is 3.99. The minimum atomic E-state index is -0.683. The highest BCUT2D eigenvalue weighted by molar-refractivity contribution is 5.79. The van der Waals surface area contributed by atoms with E-state index in [2.05, 4.69) is 21.8 Å². The lowest BCUT2D eigenvalue weighted by atomic mass is 9.93. The van der Waals surface area contributed by atoms with E-state index < -0.39 is 11.5 Å². The lowest BCUT2D eigenvalue weighted by molar-refractivity contribution is -0.150. The van der Waals surface area contributed by atoms with Crippen LogP contribution in [0.5, 0.6) is 0 Å². The number of carboxylic acids is 1. The molecule has 1 saturated carbocycles. The Kier molecular flexibility index (Phi) is 4.02. The third-order valence-electron chi connectivity index (χ3n) is 5.32. The van der Waals surface area contributed by atoms with Crippen LogP contribution in [0.15, 0.2) is 12.3 Å². The number of carboxylic acid groups (broad SMARTS) is 1. The molecule has 5 heteroatoms. The van der Waals surface area contributed by atoms with Crippen molar-refractivity contribution in [1.29, 1.82) is 0 Å². The Hall–Kier alpha value is -1.36. The molecule has 1 aliphatic carbocycles. The van der Waals surface area contributed by atoms with Gasteiger partial charge in [0.25, 0.3) is 0 Å². The van der Waals surface area contributed by atoms with Crippen LogP contribution in [0.3, 0.4) is 0 Å². The van der Waals surface area contributed by atoms with Gasteiger partial charge in [0.2, 0.25) is 0 Å². The van der Waals surface area contributed by atoms with Crippen LogP contribution >= 0.6 is 0 Å². The van der Waals surface area contributed by atoms with Gasteiger partial charge in [0.1, 0.15) is 5.54 Å². The van der Waals surface area contributed by atoms with Crippen molar-refractivity contribution in [3.8, 4) is 0 Å². The first-order valence-corrected chi connectivity index (χ1v) is 8.18. The first kappa shape index (κ1) is 14.6. The second kappa shape index (κ2) is 5.79. The van der Waals surface area contributed by atoms with Gasteiger partial charge in [-0.05, 0) is 44.7 Å². The third-order valence-corrected chi connectivity index (χ3v) is 5.32. The lowest BCUT2D eigenvalue weighted by Gasteiger charge is -2.33. The molecule has 116 valence electrons. The van der Waals surface area contributed by atoms with Gasteiger partial charge in [0, 0.05) is 12.7 Å². The second-order valence-electron chi connectivity index (χ2n) is 6.44. The largest absolute Gasteiger partial charge is 0.480 e. The predicted molar refractivity (Wildman–Crippen MR) is 80.0 cm³/mol. The summed E-state index contributed by atoms with van der Waals surface area (Å²) in [6.07, 6.45) is 9.47. The Morgan fingerprint density at radius 3 is 2.86 bits per heavy atom. The van der Waals surface area contributed by atoms with Gasteiger partial charge in [-0.2, -0.15) is 5.10 Å². The van der Waals surface area contributed by atoms with Gasteiger partial charge in [-0.25, -0.2) is 0 Å². The van der Waals surface area contributed by atoms with E-state index in [4.69, 9.17) is 5.10 Å². The van der Waals surface area contributed by atoms with Crippen molar-refractivity contribution in [2.24, 2.45) is 0 Å². The molecule has 1 aromatic rings. The summed E-state index contributed by atoms with van der Waals surface area (Å²) in [5, 5.41) is 14.3. The second-order valence-corrected chi connectivity index (χ2v) is 6.44. The molecule has 2 aliphatic rings. The number of likely N-dealkylation sites (tertiary alicyclic amines) is 1. The molecular formula is C16H25N3O2. The van der Waals surface area contributed by atoms with Crippen molar-refractivity contribution in [3.05, 3.63) is 18.0 Å². The molecule has 1 N–H and O–H groups in total. The highest BCUT2D eigenvalue weighted by atomic mass is 16.4. The SMILES string of the molecule is CCC1(C(=O)O)CCCN1Cc1ccn(C2CCCC2)n1. The number of hydrogen-bond donors (Lipinski definition) is 1. The van der Waals surface area contributed by atoms with E-state index in [9.17, 15) is 9.90 Å². The monoisotopic (exact) mass is 291 g/mol. The molecule has 0 radical (unpaired) electrons. The van der Waals surface area contributed by atoms with Gasteiger partial charge in [-0.3, -0.25) is 14.4 Å². The van der Waals surface area contributed by atoms with E-state index in [1.807, 2.05) is 6.92 Å². The number of rotatable bonds is 5. The van der Waals surface area contributed by atoms with E-state index in [0.29, 0.717) is 19.0 Å². The average Bonchev–Trinajstić information content (AvgIpc) is 3.19. The summed E-state index contributed by atoms with van der Waals surface area (Å²) in [5.41, 5.74) is 0.319. The zero-order valence-corrected chi connectivity index (χ0v) is 12.8. The summed E-state index contributed by atoms with van der Waals surface area (Å²) in [6.45, 7) is 3.49. The van der Waals surface area contributed by atoms with Crippen LogP contribution in [0.25, 0.3) is 0 Å². The Morgan fingerprint density at radius 1 is 1.43 bits per heavy atom. The van der Waals surface area contributed by atoms with Crippen LogP contribution in [-0.4, -0.2) is 37.8 Å². The molecule has 5 nitrogen and oxygen atoms in total. The van der Waals surface area contributed by atoms with Gasteiger partial charge in [0.05, 0.1) is 11.7 Å². The predicted octanol–water partition coefficient (Wildman–Crippen LogP) is 2.83. The molecule has 21 heavy (non-hydrogen) atoms. The molecule has 2 fully saturated rings. The van der Waals surface area contributed by atoms with E-state index in [-0.39, 0.29) is 0 Å². The Morgan fingerprint density at radius 2 is 2.19 bits per heavy atom. The van der Waals surface area contributed by atoms with Crippen LogP contribution < -0.4 is 0 Å². The summed E-state index contributed by atoms with van der Waals surface area (Å²) in [7, 11) is 0. The quantitative estimate of drug-likeness (QED) is 0.906.